The van der Waals surface area contributed by atoms with E-state index < -0.39 is 0 Å². The number of carbonyl (C=O) groups excluding carboxylic acids is 2. The average molecular weight is 376 g/mol. The van der Waals surface area contributed by atoms with E-state index in [2.05, 4.69) is 36.4 Å². The molecule has 27 heavy (non-hydrogen) atoms. The molecule has 0 aromatic heterocycles. The van der Waals surface area contributed by atoms with Gasteiger partial charge in [-0.25, -0.2) is 0 Å². The zero-order chi connectivity index (χ0) is 18.3. The third kappa shape index (κ3) is 1.83. The number of nitrogens with zero attached hydrogens (tertiary/aromatic N) is 1. The van der Waals surface area contributed by atoms with Crippen molar-refractivity contribution in [2.45, 2.75) is 12.3 Å². The van der Waals surface area contributed by atoms with E-state index >= 15 is 0 Å². The van der Waals surface area contributed by atoms with Crippen LogP contribution >= 0.6 is 11.6 Å². The van der Waals surface area contributed by atoms with Crippen LogP contribution in [-0.2, 0) is 9.59 Å². The first kappa shape index (κ1) is 15.6. The van der Waals surface area contributed by atoms with Gasteiger partial charge in [-0.2, -0.15) is 0 Å². The van der Waals surface area contributed by atoms with E-state index in [1.807, 2.05) is 6.07 Å². The Kier molecular flexibility index (Phi) is 2.96. The normalized spacial score (nSPS) is 38.1. The minimum absolute atomic E-state index is 0.0396. The van der Waals surface area contributed by atoms with Gasteiger partial charge in [0.25, 0.3) is 0 Å². The lowest BCUT2D eigenvalue weighted by Gasteiger charge is -2.23. The predicted molar refractivity (Wildman–Crippen MR) is 103 cm³/mol. The molecule has 4 aliphatic rings. The van der Waals surface area contributed by atoms with Crippen LogP contribution in [0.4, 0.5) is 5.69 Å². The van der Waals surface area contributed by atoms with Crippen molar-refractivity contribution < 1.29 is 9.59 Å². The lowest BCUT2D eigenvalue weighted by Crippen LogP contribution is -2.35. The molecular formula is C23H18ClNO2. The van der Waals surface area contributed by atoms with Crippen LogP contribution in [0.15, 0.2) is 66.7 Å². The highest BCUT2D eigenvalue weighted by Gasteiger charge is 2.77. The summed E-state index contributed by atoms with van der Waals surface area (Å²) in [5.41, 5.74) is 2.05. The molecule has 3 fully saturated rings. The Bertz CT molecular complexity index is 965. The standard InChI is InChI=1S/C23H18ClNO2/c24-14-6-8-15(9-7-14)25-21(26)19-16-10-11-17(20(19)22(25)27)23(16)12-18(23)13-4-2-1-3-5-13/h1-11,16-20H,12H2/t16-,17-,18+,19+,20+/m1/s1. The van der Waals surface area contributed by atoms with Crippen molar-refractivity contribution in [1.29, 1.82) is 0 Å². The first-order valence-electron chi connectivity index (χ1n) is 9.49. The Hall–Kier alpha value is -2.39. The van der Waals surface area contributed by atoms with Crippen LogP contribution in [0, 0.1) is 29.1 Å². The molecule has 5 atom stereocenters. The van der Waals surface area contributed by atoms with Crippen molar-refractivity contribution in [2.75, 3.05) is 4.90 Å². The van der Waals surface area contributed by atoms with Crippen molar-refractivity contribution in [3.63, 3.8) is 0 Å². The Morgan fingerprint density at radius 1 is 0.852 bits per heavy atom. The van der Waals surface area contributed by atoms with Crippen LogP contribution in [0.25, 0.3) is 0 Å². The third-order valence-electron chi connectivity index (χ3n) is 7.27. The molecule has 6 rings (SSSR count). The van der Waals surface area contributed by atoms with Gasteiger partial charge in [-0.05, 0) is 59.4 Å². The molecule has 1 aliphatic heterocycles. The number of allylic oxidation sites excluding steroid dienone is 2. The predicted octanol–water partition coefficient (Wildman–Crippen LogP) is 4.44. The number of anilines is 1. The van der Waals surface area contributed by atoms with Crippen molar-refractivity contribution in [1.82, 2.24) is 0 Å². The number of imide groups is 1. The summed E-state index contributed by atoms with van der Waals surface area (Å²) in [5, 5.41) is 0.599. The fourth-order valence-corrected chi connectivity index (χ4v) is 6.31. The second kappa shape index (κ2) is 5.11. The average Bonchev–Trinajstić information content (AvgIpc) is 3.17. The van der Waals surface area contributed by atoms with Crippen LogP contribution in [0.3, 0.4) is 0 Å². The van der Waals surface area contributed by atoms with Crippen LogP contribution in [0.1, 0.15) is 17.9 Å². The van der Waals surface area contributed by atoms with E-state index in [4.69, 9.17) is 11.6 Å². The Balaban J connectivity index is 1.36. The second-order valence-electron chi connectivity index (χ2n) is 8.26. The Morgan fingerprint density at radius 2 is 1.44 bits per heavy atom. The van der Waals surface area contributed by atoms with Crippen LogP contribution in [-0.4, -0.2) is 11.8 Å². The molecular weight excluding hydrogens is 358 g/mol. The van der Waals surface area contributed by atoms with Gasteiger partial charge in [0.15, 0.2) is 0 Å². The number of rotatable bonds is 2. The highest BCUT2D eigenvalue weighted by molar-refractivity contribution is 6.30. The topological polar surface area (TPSA) is 37.4 Å². The molecule has 3 nitrogen and oxygen atoms in total. The molecule has 2 aromatic rings. The van der Waals surface area contributed by atoms with Gasteiger partial charge in [0.2, 0.25) is 11.8 Å². The van der Waals surface area contributed by atoms with Crippen molar-refractivity contribution in [2.24, 2.45) is 29.1 Å². The van der Waals surface area contributed by atoms with Gasteiger partial charge in [-0.3, -0.25) is 14.5 Å². The molecule has 134 valence electrons. The van der Waals surface area contributed by atoms with E-state index in [1.165, 1.54) is 10.5 Å². The van der Waals surface area contributed by atoms with E-state index in [0.717, 1.165) is 6.42 Å². The summed E-state index contributed by atoms with van der Waals surface area (Å²) >= 11 is 5.96. The lowest BCUT2D eigenvalue weighted by molar-refractivity contribution is -0.123. The van der Waals surface area contributed by atoms with E-state index in [1.54, 1.807) is 24.3 Å². The van der Waals surface area contributed by atoms with Crippen molar-refractivity contribution in [3.05, 3.63) is 77.3 Å². The van der Waals surface area contributed by atoms with Gasteiger partial charge in [0.1, 0.15) is 0 Å². The molecule has 0 unspecified atom stereocenters. The SMILES string of the molecule is O=C1[C@@H]2[C@@H](C(=O)N1c1ccc(Cl)cc1)[C@H]1C=C[C@H]2C12C[C@H]2c1ccccc1. The van der Waals surface area contributed by atoms with Gasteiger partial charge < -0.3 is 0 Å². The lowest BCUT2D eigenvalue weighted by atomic mass is 9.85. The van der Waals surface area contributed by atoms with E-state index in [0.29, 0.717) is 16.6 Å². The zero-order valence-corrected chi connectivity index (χ0v) is 15.3. The maximum absolute atomic E-state index is 13.3. The summed E-state index contributed by atoms with van der Waals surface area (Å²) in [6.45, 7) is 0. The minimum atomic E-state index is -0.211. The molecule has 2 amide bonds. The number of hydrogen-bond donors (Lipinski definition) is 0. The van der Waals surface area contributed by atoms with E-state index in [-0.39, 0.29) is 40.9 Å². The van der Waals surface area contributed by atoms with Crippen LogP contribution in [0.2, 0.25) is 5.02 Å². The molecule has 2 saturated carbocycles. The quantitative estimate of drug-likeness (QED) is 0.575. The number of halogens is 1. The maximum Gasteiger partial charge on any atom is 0.238 e. The van der Waals surface area contributed by atoms with Gasteiger partial charge in [-0.1, -0.05) is 54.1 Å². The van der Waals surface area contributed by atoms with Gasteiger partial charge in [-0.15, -0.1) is 0 Å². The molecule has 0 N–H and O–H groups in total. The highest BCUT2D eigenvalue weighted by Crippen LogP contribution is 2.79. The number of benzene rings is 2. The number of carbonyl (C=O) groups is 2. The first-order chi connectivity index (χ1) is 13.1. The second-order valence-corrected chi connectivity index (χ2v) is 8.69. The Morgan fingerprint density at radius 3 is 2.04 bits per heavy atom. The molecule has 3 aliphatic carbocycles. The summed E-state index contributed by atoms with van der Waals surface area (Å²) in [5.74, 6) is 0.301. The Labute approximate surface area is 162 Å². The maximum atomic E-state index is 13.3. The minimum Gasteiger partial charge on any atom is -0.274 e. The summed E-state index contributed by atoms with van der Waals surface area (Å²) < 4.78 is 0. The summed E-state index contributed by atoms with van der Waals surface area (Å²) in [6, 6.07) is 17.5. The third-order valence-corrected chi connectivity index (χ3v) is 7.52. The largest absolute Gasteiger partial charge is 0.274 e. The fraction of sp³-hybridized carbons (Fsp3) is 0.304. The first-order valence-corrected chi connectivity index (χ1v) is 9.87. The molecule has 1 heterocycles. The van der Waals surface area contributed by atoms with Crippen LogP contribution in [0.5, 0.6) is 0 Å². The van der Waals surface area contributed by atoms with Crippen molar-refractivity contribution >= 4 is 29.1 Å². The summed E-state index contributed by atoms with van der Waals surface area (Å²) in [4.78, 5) is 27.9. The smallest absolute Gasteiger partial charge is 0.238 e. The molecule has 0 radical (unpaired) electrons. The molecule has 2 aromatic carbocycles. The van der Waals surface area contributed by atoms with Gasteiger partial charge in [0, 0.05) is 5.02 Å². The van der Waals surface area contributed by atoms with Gasteiger partial charge in [0.05, 0.1) is 17.5 Å². The summed E-state index contributed by atoms with van der Waals surface area (Å²) in [6.07, 6.45) is 5.50. The number of amides is 2. The zero-order valence-electron chi connectivity index (χ0n) is 14.6. The highest BCUT2D eigenvalue weighted by atomic mass is 35.5. The molecule has 1 spiro atoms. The van der Waals surface area contributed by atoms with Gasteiger partial charge >= 0.3 is 0 Å². The van der Waals surface area contributed by atoms with Crippen LogP contribution < -0.4 is 4.90 Å². The molecule has 4 heteroatoms. The van der Waals surface area contributed by atoms with Crippen molar-refractivity contribution in [3.8, 4) is 0 Å². The summed E-state index contributed by atoms with van der Waals surface area (Å²) in [7, 11) is 0. The number of hydrogen-bond acceptors (Lipinski definition) is 2. The van der Waals surface area contributed by atoms with E-state index in [9.17, 15) is 9.59 Å². The molecule has 1 saturated heterocycles. The molecule has 2 bridgehead atoms. The monoisotopic (exact) mass is 375 g/mol. The number of fused-ring (bicyclic) bond motifs is 3. The fourth-order valence-electron chi connectivity index (χ4n) is 6.19.